The highest BCUT2D eigenvalue weighted by Gasteiger charge is 1.45. The maximum absolute atomic E-state index is 8.81. The third-order valence-electron chi connectivity index (χ3n) is 0. The molecule has 24 valence electrons. The summed E-state index contributed by atoms with van der Waals surface area (Å²) in [6.45, 7) is 0. The van der Waals surface area contributed by atoms with Crippen LogP contribution in [0.2, 0.25) is 0 Å². The molecular formula is CHO2S-. The average Bonchev–Trinajstić information content (AvgIpc) is 0.811. The molecule has 0 fully saturated rings. The third kappa shape index (κ3) is 8.37. The summed E-state index contributed by atoms with van der Waals surface area (Å²) in [5.74, 6) is 0. The second-order valence-corrected chi connectivity index (χ2v) is 0.615. The van der Waals surface area contributed by atoms with Crippen LogP contribution >= 0.6 is 0 Å². The van der Waals surface area contributed by atoms with E-state index in [9.17, 15) is 0 Å². The Bertz CT molecular complexity index is 29.0. The summed E-state index contributed by atoms with van der Waals surface area (Å²) in [7, 11) is 0. The normalized spacial score (nSPS) is 6.00. The smallest absolute Gasteiger partial charge is 0.181 e. The van der Waals surface area contributed by atoms with Crippen molar-refractivity contribution >= 4 is 17.9 Å². The summed E-state index contributed by atoms with van der Waals surface area (Å²) in [5, 5.41) is 5.98. The molecule has 0 heterocycles. The molecule has 0 aromatic carbocycles. The Morgan fingerprint density at radius 3 is 2.00 bits per heavy atom. The summed E-state index contributed by atoms with van der Waals surface area (Å²) >= 11 is 3.54. The number of carbonyl (C=O) groups is 1. The fraction of sp³-hybridized carbons (Fsp3) is 0. The van der Waals surface area contributed by atoms with Crippen molar-refractivity contribution in [2.75, 3.05) is 0 Å². The lowest BCUT2D eigenvalue weighted by atomic mass is 11.6. The average molecular weight is 77.1 g/mol. The van der Waals surface area contributed by atoms with Gasteiger partial charge in [-0.2, -0.15) is 0 Å². The van der Waals surface area contributed by atoms with E-state index in [-0.39, 0.29) is 0 Å². The van der Waals surface area contributed by atoms with Gasteiger partial charge in [0.25, 0.3) is 0 Å². The Hall–Kier alpha value is -0.310. The van der Waals surface area contributed by atoms with Gasteiger partial charge in [-0.1, -0.05) is 0 Å². The van der Waals surface area contributed by atoms with E-state index in [4.69, 9.17) is 9.90 Å². The molecule has 0 spiro atoms. The first-order chi connectivity index (χ1) is 1.73. The highest BCUT2D eigenvalue weighted by molar-refractivity contribution is 7.76. The van der Waals surface area contributed by atoms with Crippen molar-refractivity contribution in [3.05, 3.63) is 0 Å². The topological polar surface area (TPSA) is 37.3 Å². The standard InChI is InChI=1S/CH2O2S/c2-1(3)4/h4H,(H,2,3)/p-1. The summed E-state index contributed by atoms with van der Waals surface area (Å²) in [4.78, 5) is 8.81. The second kappa shape index (κ2) is 1.06. The van der Waals surface area contributed by atoms with Gasteiger partial charge in [-0.05, 0) is 0 Å². The van der Waals surface area contributed by atoms with E-state index >= 15 is 0 Å². The van der Waals surface area contributed by atoms with E-state index < -0.39 is 5.30 Å². The predicted octanol–water partition coefficient (Wildman–Crippen LogP) is 0.211. The number of carboxylic acid groups (broad SMARTS) is 1. The minimum atomic E-state index is -1.25. The van der Waals surface area contributed by atoms with Gasteiger partial charge in [-0.3, -0.25) is 4.79 Å². The molecule has 0 aliphatic rings. The quantitative estimate of drug-likeness (QED) is 0.420. The highest BCUT2D eigenvalue weighted by atomic mass is 32.1. The molecule has 2 nitrogen and oxygen atoms in total. The molecule has 0 amide bonds. The van der Waals surface area contributed by atoms with Gasteiger partial charge in [0.1, 0.15) is 0 Å². The monoisotopic (exact) mass is 77.0 g/mol. The second-order valence-electron chi connectivity index (χ2n) is 0.266. The Morgan fingerprint density at radius 2 is 2.00 bits per heavy atom. The van der Waals surface area contributed by atoms with Gasteiger partial charge in [0.05, 0.1) is 0 Å². The van der Waals surface area contributed by atoms with Crippen molar-refractivity contribution in [1.82, 2.24) is 0 Å². The molecule has 0 bridgehead atoms. The molecule has 0 saturated heterocycles. The Balaban J connectivity index is 2.80. The fourth-order valence-electron chi connectivity index (χ4n) is 0. The van der Waals surface area contributed by atoms with Gasteiger partial charge in [-0.15, -0.1) is 0 Å². The first-order valence-corrected chi connectivity index (χ1v) is 1.04. The summed E-state index contributed by atoms with van der Waals surface area (Å²) in [5.41, 5.74) is 0. The lowest BCUT2D eigenvalue weighted by Crippen LogP contribution is -1.75. The van der Waals surface area contributed by atoms with Crippen LogP contribution in [0.15, 0.2) is 0 Å². The summed E-state index contributed by atoms with van der Waals surface area (Å²) in [6.07, 6.45) is 0. The van der Waals surface area contributed by atoms with Crippen LogP contribution in [-0.4, -0.2) is 10.4 Å². The zero-order chi connectivity index (χ0) is 3.58. The van der Waals surface area contributed by atoms with E-state index in [1.54, 1.807) is 0 Å². The van der Waals surface area contributed by atoms with Gasteiger partial charge in [0.2, 0.25) is 0 Å². The van der Waals surface area contributed by atoms with E-state index in [1.807, 2.05) is 0 Å². The maximum atomic E-state index is 8.81. The van der Waals surface area contributed by atoms with Crippen molar-refractivity contribution < 1.29 is 9.90 Å². The molecule has 0 atom stereocenters. The largest absolute Gasteiger partial charge is 0.698 e. The van der Waals surface area contributed by atoms with E-state index in [0.717, 1.165) is 0 Å². The number of hydrogen-bond acceptors (Lipinski definition) is 2. The Labute approximate surface area is 28.9 Å². The van der Waals surface area contributed by atoms with Crippen molar-refractivity contribution in [2.45, 2.75) is 0 Å². The Morgan fingerprint density at radius 1 is 2.00 bits per heavy atom. The molecule has 0 aliphatic heterocycles. The fourth-order valence-corrected chi connectivity index (χ4v) is 0. The van der Waals surface area contributed by atoms with Crippen molar-refractivity contribution in [1.29, 1.82) is 0 Å². The van der Waals surface area contributed by atoms with Crippen LogP contribution in [0.5, 0.6) is 0 Å². The van der Waals surface area contributed by atoms with Crippen LogP contribution in [0, 0.1) is 0 Å². The Kier molecular flexibility index (Phi) is 0.979. The first kappa shape index (κ1) is 3.69. The van der Waals surface area contributed by atoms with Crippen LogP contribution in [-0.2, 0) is 12.6 Å². The highest BCUT2D eigenvalue weighted by Crippen LogP contribution is 1.47. The SMILES string of the molecule is O=C(O)[S-]. The predicted molar refractivity (Wildman–Crippen MR) is 15.4 cm³/mol. The first-order valence-electron chi connectivity index (χ1n) is 0.632. The molecular weight excluding hydrogens is 76.1 g/mol. The lowest BCUT2D eigenvalue weighted by Gasteiger charge is -1.81. The zero-order valence-corrected chi connectivity index (χ0v) is 2.58. The van der Waals surface area contributed by atoms with Crippen LogP contribution in [0.25, 0.3) is 0 Å². The molecule has 0 rings (SSSR count). The molecule has 0 radical (unpaired) electrons. The molecule has 0 saturated carbocycles. The molecule has 0 aliphatic carbocycles. The molecule has 1 N–H and O–H groups in total. The molecule has 3 heteroatoms. The molecule has 0 aromatic heterocycles. The van der Waals surface area contributed by atoms with Gasteiger partial charge >= 0.3 is 0 Å². The number of hydrogen-bond donors (Lipinski definition) is 1. The van der Waals surface area contributed by atoms with Gasteiger partial charge < -0.3 is 17.7 Å². The van der Waals surface area contributed by atoms with Crippen molar-refractivity contribution in [3.8, 4) is 0 Å². The van der Waals surface area contributed by atoms with E-state index in [0.29, 0.717) is 0 Å². The maximum Gasteiger partial charge on any atom is 0.181 e. The zero-order valence-electron chi connectivity index (χ0n) is 1.76. The van der Waals surface area contributed by atoms with Crippen LogP contribution in [0.3, 0.4) is 0 Å². The van der Waals surface area contributed by atoms with Gasteiger partial charge in [0.15, 0.2) is 5.30 Å². The van der Waals surface area contributed by atoms with Crippen LogP contribution < -0.4 is 0 Å². The molecule has 0 unspecified atom stereocenters. The minimum Gasteiger partial charge on any atom is -0.698 e. The van der Waals surface area contributed by atoms with Crippen molar-refractivity contribution in [3.63, 3.8) is 0 Å². The van der Waals surface area contributed by atoms with Gasteiger partial charge in [-0.25, -0.2) is 0 Å². The molecule has 0 aromatic rings. The summed E-state index contributed by atoms with van der Waals surface area (Å²) in [6, 6.07) is 0. The minimum absolute atomic E-state index is 1.25. The number of rotatable bonds is 0. The van der Waals surface area contributed by atoms with Gasteiger partial charge in [0, 0.05) is 0 Å². The van der Waals surface area contributed by atoms with Crippen molar-refractivity contribution in [2.24, 2.45) is 0 Å². The van der Waals surface area contributed by atoms with Crippen LogP contribution in [0.4, 0.5) is 4.79 Å². The van der Waals surface area contributed by atoms with E-state index in [2.05, 4.69) is 12.6 Å². The lowest BCUT2D eigenvalue weighted by molar-refractivity contribution is 0.222. The summed E-state index contributed by atoms with van der Waals surface area (Å²) < 4.78 is 0. The third-order valence-corrected chi connectivity index (χ3v) is 0. The van der Waals surface area contributed by atoms with E-state index in [1.165, 1.54) is 0 Å². The van der Waals surface area contributed by atoms with Crippen LogP contribution in [0.1, 0.15) is 0 Å². The molecule has 4 heavy (non-hydrogen) atoms.